The van der Waals surface area contributed by atoms with Gasteiger partial charge in [-0.3, -0.25) is 9.69 Å². The first-order chi connectivity index (χ1) is 8.08. The lowest BCUT2D eigenvalue weighted by molar-refractivity contribution is -0.132. The summed E-state index contributed by atoms with van der Waals surface area (Å²) in [5.74, 6) is 0.244. The van der Waals surface area contributed by atoms with Gasteiger partial charge in [0.2, 0.25) is 5.91 Å². The summed E-state index contributed by atoms with van der Waals surface area (Å²) in [6, 6.07) is 0. The molecule has 0 radical (unpaired) electrons. The SMILES string of the molecule is CC[C@H](O)CN1CCN(C(=O)[C@H](C)SC)CC1. The molecule has 1 N–H and O–H groups in total. The average Bonchev–Trinajstić information content (AvgIpc) is 2.37. The van der Waals surface area contributed by atoms with Gasteiger partial charge in [0.15, 0.2) is 0 Å². The number of thioether (sulfide) groups is 1. The number of aliphatic hydroxyl groups excluding tert-OH is 1. The minimum absolute atomic E-state index is 0.0581. The Hall–Kier alpha value is -0.260. The van der Waals surface area contributed by atoms with Gasteiger partial charge in [-0.1, -0.05) is 6.92 Å². The molecule has 1 fully saturated rings. The third-order valence-corrected chi connectivity index (χ3v) is 4.23. The number of β-amino-alcohol motifs (C(OH)–C–C–N with tert-alkyl or cyclic N) is 1. The van der Waals surface area contributed by atoms with Crippen LogP contribution in [0.25, 0.3) is 0 Å². The van der Waals surface area contributed by atoms with E-state index in [9.17, 15) is 9.90 Å². The maximum Gasteiger partial charge on any atom is 0.235 e. The van der Waals surface area contributed by atoms with E-state index in [4.69, 9.17) is 0 Å². The quantitative estimate of drug-likeness (QED) is 0.788. The minimum atomic E-state index is -0.234. The molecule has 2 atom stereocenters. The Morgan fingerprint density at radius 1 is 1.35 bits per heavy atom. The minimum Gasteiger partial charge on any atom is -0.392 e. The lowest BCUT2D eigenvalue weighted by atomic mass is 10.2. The van der Waals surface area contributed by atoms with Crippen molar-refractivity contribution < 1.29 is 9.90 Å². The zero-order valence-corrected chi connectivity index (χ0v) is 11.9. The van der Waals surface area contributed by atoms with E-state index >= 15 is 0 Å². The normalized spacial score (nSPS) is 21.3. The molecule has 0 aromatic heterocycles. The number of amides is 1. The molecule has 0 bridgehead atoms. The Balaban J connectivity index is 2.33. The molecule has 100 valence electrons. The van der Waals surface area contributed by atoms with Crippen LogP contribution in [0, 0.1) is 0 Å². The molecule has 1 aliphatic heterocycles. The maximum atomic E-state index is 12.0. The van der Waals surface area contributed by atoms with Crippen molar-refractivity contribution in [2.24, 2.45) is 0 Å². The standard InChI is InChI=1S/C12H24N2O2S/c1-4-11(15)9-13-5-7-14(8-6-13)12(16)10(2)17-3/h10-11,15H,4-9H2,1-3H3/t10-,11-/m0/s1. The number of hydrogen-bond donors (Lipinski definition) is 1. The first-order valence-corrected chi connectivity index (χ1v) is 7.59. The zero-order valence-electron chi connectivity index (χ0n) is 11.1. The van der Waals surface area contributed by atoms with Crippen molar-refractivity contribution in [2.75, 3.05) is 39.0 Å². The van der Waals surface area contributed by atoms with E-state index in [2.05, 4.69) is 4.90 Å². The number of carbonyl (C=O) groups excluding carboxylic acids is 1. The molecular formula is C12H24N2O2S. The molecule has 0 saturated carbocycles. The van der Waals surface area contributed by atoms with Gasteiger partial charge in [0.25, 0.3) is 0 Å². The predicted molar refractivity (Wildman–Crippen MR) is 72.3 cm³/mol. The highest BCUT2D eigenvalue weighted by Crippen LogP contribution is 2.12. The number of aliphatic hydroxyl groups is 1. The topological polar surface area (TPSA) is 43.8 Å². The predicted octanol–water partition coefficient (Wildman–Crippen LogP) is 0.653. The second-order valence-corrected chi connectivity index (χ2v) is 5.74. The van der Waals surface area contributed by atoms with Crippen LogP contribution in [0.2, 0.25) is 0 Å². The van der Waals surface area contributed by atoms with Gasteiger partial charge in [-0.15, -0.1) is 0 Å². The highest BCUT2D eigenvalue weighted by molar-refractivity contribution is 7.99. The average molecular weight is 260 g/mol. The zero-order chi connectivity index (χ0) is 12.8. The van der Waals surface area contributed by atoms with Gasteiger partial charge in [0.1, 0.15) is 0 Å². The molecule has 0 aromatic rings. The largest absolute Gasteiger partial charge is 0.392 e. The van der Waals surface area contributed by atoms with Crippen LogP contribution >= 0.6 is 11.8 Å². The molecule has 17 heavy (non-hydrogen) atoms. The molecule has 0 spiro atoms. The first kappa shape index (κ1) is 14.8. The fourth-order valence-electron chi connectivity index (χ4n) is 1.94. The summed E-state index contributed by atoms with van der Waals surface area (Å²) in [7, 11) is 0. The van der Waals surface area contributed by atoms with Crippen LogP contribution in [0.5, 0.6) is 0 Å². The number of hydrogen-bond acceptors (Lipinski definition) is 4. The third-order valence-electron chi connectivity index (χ3n) is 3.33. The van der Waals surface area contributed by atoms with Crippen LogP contribution in [-0.2, 0) is 4.79 Å². The molecule has 4 nitrogen and oxygen atoms in total. The van der Waals surface area contributed by atoms with Crippen molar-refractivity contribution in [1.82, 2.24) is 9.80 Å². The lowest BCUT2D eigenvalue weighted by Gasteiger charge is -2.36. The van der Waals surface area contributed by atoms with Crippen molar-refractivity contribution in [3.8, 4) is 0 Å². The molecule has 1 aliphatic rings. The van der Waals surface area contributed by atoms with Crippen LogP contribution in [0.15, 0.2) is 0 Å². The van der Waals surface area contributed by atoms with E-state index < -0.39 is 0 Å². The summed E-state index contributed by atoms with van der Waals surface area (Å²) in [6.07, 6.45) is 2.53. The van der Waals surface area contributed by atoms with Gasteiger partial charge in [0.05, 0.1) is 11.4 Å². The Bertz CT molecular complexity index is 243. The molecule has 0 unspecified atom stereocenters. The van der Waals surface area contributed by atoms with Crippen LogP contribution < -0.4 is 0 Å². The molecular weight excluding hydrogens is 236 g/mol. The molecule has 0 aliphatic carbocycles. The highest BCUT2D eigenvalue weighted by Gasteiger charge is 2.24. The van der Waals surface area contributed by atoms with Gasteiger partial charge in [0, 0.05) is 32.7 Å². The summed E-state index contributed by atoms with van der Waals surface area (Å²) in [4.78, 5) is 16.1. The third kappa shape index (κ3) is 4.48. The number of piperazine rings is 1. The molecule has 0 aromatic carbocycles. The summed E-state index contributed by atoms with van der Waals surface area (Å²) in [5.41, 5.74) is 0. The fourth-order valence-corrected chi connectivity index (χ4v) is 2.29. The first-order valence-electron chi connectivity index (χ1n) is 6.30. The number of rotatable bonds is 5. The molecule has 1 heterocycles. The van der Waals surface area contributed by atoms with E-state index in [-0.39, 0.29) is 17.3 Å². The van der Waals surface area contributed by atoms with Crippen molar-refractivity contribution in [3.05, 3.63) is 0 Å². The molecule has 1 amide bonds. The second-order valence-electron chi connectivity index (χ2n) is 4.57. The van der Waals surface area contributed by atoms with E-state index in [0.29, 0.717) is 0 Å². The van der Waals surface area contributed by atoms with E-state index in [1.807, 2.05) is 25.0 Å². The number of nitrogens with zero attached hydrogens (tertiary/aromatic N) is 2. The van der Waals surface area contributed by atoms with Crippen LogP contribution in [-0.4, -0.2) is 71.1 Å². The Labute approximate surface area is 108 Å². The Morgan fingerprint density at radius 2 is 1.94 bits per heavy atom. The van der Waals surface area contributed by atoms with Crippen LogP contribution in [0.4, 0.5) is 0 Å². The lowest BCUT2D eigenvalue weighted by Crippen LogP contribution is -2.51. The van der Waals surface area contributed by atoms with Crippen molar-refractivity contribution >= 4 is 17.7 Å². The van der Waals surface area contributed by atoms with E-state index in [0.717, 1.165) is 39.1 Å². The summed E-state index contributed by atoms with van der Waals surface area (Å²) >= 11 is 1.60. The Kier molecular flexibility index (Phi) is 6.30. The summed E-state index contributed by atoms with van der Waals surface area (Å²) in [5, 5.41) is 9.64. The van der Waals surface area contributed by atoms with Crippen LogP contribution in [0.1, 0.15) is 20.3 Å². The molecule has 1 saturated heterocycles. The maximum absolute atomic E-state index is 12.0. The summed E-state index contributed by atoms with van der Waals surface area (Å²) in [6.45, 7) is 8.02. The van der Waals surface area contributed by atoms with Crippen molar-refractivity contribution in [1.29, 1.82) is 0 Å². The molecule has 5 heteroatoms. The summed E-state index contributed by atoms with van der Waals surface area (Å²) < 4.78 is 0. The number of carbonyl (C=O) groups is 1. The van der Waals surface area contributed by atoms with E-state index in [1.54, 1.807) is 11.8 Å². The van der Waals surface area contributed by atoms with Gasteiger partial charge in [-0.05, 0) is 19.6 Å². The molecule has 1 rings (SSSR count). The van der Waals surface area contributed by atoms with Crippen LogP contribution in [0.3, 0.4) is 0 Å². The van der Waals surface area contributed by atoms with Gasteiger partial charge in [-0.2, -0.15) is 11.8 Å². The smallest absolute Gasteiger partial charge is 0.235 e. The van der Waals surface area contributed by atoms with Gasteiger partial charge in [-0.25, -0.2) is 0 Å². The monoisotopic (exact) mass is 260 g/mol. The van der Waals surface area contributed by atoms with E-state index in [1.165, 1.54) is 0 Å². The fraction of sp³-hybridized carbons (Fsp3) is 0.917. The van der Waals surface area contributed by atoms with Gasteiger partial charge >= 0.3 is 0 Å². The van der Waals surface area contributed by atoms with Crippen molar-refractivity contribution in [2.45, 2.75) is 31.6 Å². The van der Waals surface area contributed by atoms with Gasteiger partial charge < -0.3 is 10.0 Å². The highest BCUT2D eigenvalue weighted by atomic mass is 32.2. The Morgan fingerprint density at radius 3 is 2.41 bits per heavy atom. The van der Waals surface area contributed by atoms with Crippen molar-refractivity contribution in [3.63, 3.8) is 0 Å². The second kappa shape index (κ2) is 7.24.